The number of hydrogen-bond donors (Lipinski definition) is 1. The van der Waals surface area contributed by atoms with Gasteiger partial charge in [0.1, 0.15) is 6.33 Å². The molecule has 26 heavy (non-hydrogen) atoms. The van der Waals surface area contributed by atoms with Crippen LogP contribution < -0.4 is 4.72 Å². The highest BCUT2D eigenvalue weighted by atomic mass is 32.2. The normalized spacial score (nSPS) is 15.5. The molecule has 138 valence electrons. The first kappa shape index (κ1) is 18.5. The molecule has 7 nitrogen and oxygen atoms in total. The standard InChI is InChI=1S/C18H22N4O3S/c23-18(22-10-3-1-2-4-11-22)15-6-5-7-17(12-15)26(24,25)21-13-16-8-9-19-14-20-16/h5-9,12,14,21H,1-4,10-11,13H2. The van der Waals surface area contributed by atoms with Gasteiger partial charge < -0.3 is 4.90 Å². The predicted octanol–water partition coefficient (Wildman–Crippen LogP) is 1.97. The molecule has 1 amide bonds. The molecular formula is C18H22N4O3S. The number of rotatable bonds is 5. The van der Waals surface area contributed by atoms with Gasteiger partial charge in [0.25, 0.3) is 5.91 Å². The van der Waals surface area contributed by atoms with Crippen molar-refractivity contribution in [3.8, 4) is 0 Å². The van der Waals surface area contributed by atoms with Crippen molar-refractivity contribution in [2.24, 2.45) is 0 Å². The Morgan fingerprint density at radius 3 is 2.58 bits per heavy atom. The highest BCUT2D eigenvalue weighted by Gasteiger charge is 2.20. The average molecular weight is 374 g/mol. The minimum absolute atomic E-state index is 0.0646. The van der Waals surface area contributed by atoms with Gasteiger partial charge in [-0.25, -0.2) is 23.1 Å². The van der Waals surface area contributed by atoms with Gasteiger partial charge in [-0.3, -0.25) is 4.79 Å². The van der Waals surface area contributed by atoms with E-state index in [1.54, 1.807) is 24.4 Å². The van der Waals surface area contributed by atoms with Gasteiger partial charge in [-0.1, -0.05) is 18.9 Å². The summed E-state index contributed by atoms with van der Waals surface area (Å²) < 4.78 is 27.6. The van der Waals surface area contributed by atoms with Crippen molar-refractivity contribution >= 4 is 15.9 Å². The molecule has 2 aromatic rings. The molecule has 0 unspecified atom stereocenters. The van der Waals surface area contributed by atoms with E-state index < -0.39 is 10.0 Å². The summed E-state index contributed by atoms with van der Waals surface area (Å²) in [6.45, 7) is 1.51. The lowest BCUT2D eigenvalue weighted by atomic mass is 10.2. The van der Waals surface area contributed by atoms with Crippen molar-refractivity contribution in [1.82, 2.24) is 19.6 Å². The molecule has 1 aliphatic rings. The van der Waals surface area contributed by atoms with E-state index >= 15 is 0 Å². The SMILES string of the molecule is O=C(c1cccc(S(=O)(=O)NCc2ccncn2)c1)N1CCCCCC1. The Morgan fingerprint density at radius 1 is 1.12 bits per heavy atom. The molecule has 2 heterocycles. The van der Waals surface area contributed by atoms with Crippen LogP contribution in [0.4, 0.5) is 0 Å². The van der Waals surface area contributed by atoms with Gasteiger partial charge in [-0.2, -0.15) is 0 Å². The minimum atomic E-state index is -3.73. The molecular weight excluding hydrogens is 352 g/mol. The Labute approximate surface area is 153 Å². The molecule has 1 fully saturated rings. The predicted molar refractivity (Wildman–Crippen MR) is 96.9 cm³/mol. The lowest BCUT2D eigenvalue weighted by molar-refractivity contribution is 0.0761. The second-order valence-electron chi connectivity index (χ2n) is 6.26. The maximum absolute atomic E-state index is 12.7. The smallest absolute Gasteiger partial charge is 0.253 e. The number of nitrogens with one attached hydrogen (secondary N) is 1. The first-order chi connectivity index (χ1) is 12.6. The van der Waals surface area contributed by atoms with Crippen LogP contribution in [0.1, 0.15) is 41.7 Å². The summed E-state index contributed by atoms with van der Waals surface area (Å²) >= 11 is 0. The topological polar surface area (TPSA) is 92.3 Å². The van der Waals surface area contributed by atoms with E-state index in [1.807, 2.05) is 4.90 Å². The summed E-state index contributed by atoms with van der Waals surface area (Å²) in [4.78, 5) is 22.4. The summed E-state index contributed by atoms with van der Waals surface area (Å²) in [5.74, 6) is -0.111. The van der Waals surface area contributed by atoms with Crippen LogP contribution >= 0.6 is 0 Å². The highest BCUT2D eigenvalue weighted by Crippen LogP contribution is 2.17. The Bertz CT molecular complexity index is 848. The van der Waals surface area contributed by atoms with Crippen molar-refractivity contribution in [2.45, 2.75) is 37.1 Å². The van der Waals surface area contributed by atoms with Gasteiger partial charge in [0.05, 0.1) is 17.1 Å². The fourth-order valence-electron chi connectivity index (χ4n) is 2.93. The third kappa shape index (κ3) is 4.64. The van der Waals surface area contributed by atoms with Gasteiger partial charge >= 0.3 is 0 Å². The first-order valence-electron chi connectivity index (χ1n) is 8.70. The van der Waals surface area contributed by atoms with Crippen LogP contribution in [0.15, 0.2) is 47.8 Å². The van der Waals surface area contributed by atoms with Crippen LogP contribution in [0, 0.1) is 0 Å². The number of carbonyl (C=O) groups is 1. The van der Waals surface area contributed by atoms with Crippen LogP contribution in [-0.2, 0) is 16.6 Å². The van der Waals surface area contributed by atoms with Crippen molar-refractivity contribution in [2.75, 3.05) is 13.1 Å². The quantitative estimate of drug-likeness (QED) is 0.864. The van der Waals surface area contributed by atoms with Gasteiger partial charge in [-0.15, -0.1) is 0 Å². The number of hydrogen-bond acceptors (Lipinski definition) is 5. The van der Waals surface area contributed by atoms with Crippen molar-refractivity contribution in [3.05, 3.63) is 54.1 Å². The molecule has 8 heteroatoms. The number of aromatic nitrogens is 2. The molecule has 1 aromatic heterocycles. The Balaban J connectivity index is 1.74. The molecule has 1 saturated heterocycles. The van der Waals surface area contributed by atoms with E-state index in [4.69, 9.17) is 0 Å². The molecule has 0 saturated carbocycles. The molecule has 0 atom stereocenters. The summed E-state index contributed by atoms with van der Waals surface area (Å²) in [6, 6.07) is 7.83. The van der Waals surface area contributed by atoms with E-state index in [2.05, 4.69) is 14.7 Å². The zero-order valence-electron chi connectivity index (χ0n) is 14.5. The van der Waals surface area contributed by atoms with Gasteiger partial charge in [-0.05, 0) is 37.1 Å². The van der Waals surface area contributed by atoms with Crippen LogP contribution in [-0.4, -0.2) is 42.3 Å². The number of carbonyl (C=O) groups excluding carboxylic acids is 1. The molecule has 1 N–H and O–H groups in total. The largest absolute Gasteiger partial charge is 0.339 e. The van der Waals surface area contributed by atoms with Crippen molar-refractivity contribution in [1.29, 1.82) is 0 Å². The molecule has 0 spiro atoms. The molecule has 0 aliphatic carbocycles. The van der Waals surface area contributed by atoms with Crippen LogP contribution in [0.5, 0.6) is 0 Å². The molecule has 1 aromatic carbocycles. The summed E-state index contributed by atoms with van der Waals surface area (Å²) in [5, 5.41) is 0. The van der Waals surface area contributed by atoms with E-state index in [1.165, 1.54) is 18.5 Å². The molecule has 1 aliphatic heterocycles. The van der Waals surface area contributed by atoms with Crippen molar-refractivity contribution in [3.63, 3.8) is 0 Å². The molecule has 0 bridgehead atoms. The van der Waals surface area contributed by atoms with Crippen LogP contribution in [0.25, 0.3) is 0 Å². The number of nitrogens with zero attached hydrogens (tertiary/aromatic N) is 3. The lowest BCUT2D eigenvalue weighted by Crippen LogP contribution is -2.32. The average Bonchev–Trinajstić information content (AvgIpc) is 2.96. The number of sulfonamides is 1. The summed E-state index contributed by atoms with van der Waals surface area (Å²) in [5.41, 5.74) is 0.970. The van der Waals surface area contributed by atoms with Crippen LogP contribution in [0.2, 0.25) is 0 Å². The Kier molecular flexibility index (Phi) is 5.95. The fraction of sp³-hybridized carbons (Fsp3) is 0.389. The maximum Gasteiger partial charge on any atom is 0.253 e. The van der Waals surface area contributed by atoms with Gasteiger partial charge in [0, 0.05) is 24.8 Å². The molecule has 3 rings (SSSR count). The lowest BCUT2D eigenvalue weighted by Gasteiger charge is -2.20. The zero-order chi connectivity index (χ0) is 18.4. The second-order valence-corrected chi connectivity index (χ2v) is 8.03. The third-order valence-corrected chi connectivity index (χ3v) is 5.77. The first-order valence-corrected chi connectivity index (χ1v) is 10.2. The van der Waals surface area contributed by atoms with Gasteiger partial charge in [0.2, 0.25) is 10.0 Å². The monoisotopic (exact) mass is 374 g/mol. The summed E-state index contributed by atoms with van der Waals surface area (Å²) in [7, 11) is -3.73. The maximum atomic E-state index is 12.7. The fourth-order valence-corrected chi connectivity index (χ4v) is 3.97. The number of benzene rings is 1. The minimum Gasteiger partial charge on any atom is -0.339 e. The molecule has 0 radical (unpaired) electrons. The van der Waals surface area contributed by atoms with E-state index in [0.29, 0.717) is 11.3 Å². The van der Waals surface area contributed by atoms with Gasteiger partial charge in [0.15, 0.2) is 0 Å². The second kappa shape index (κ2) is 8.37. The Morgan fingerprint density at radius 2 is 1.88 bits per heavy atom. The third-order valence-electron chi connectivity index (χ3n) is 4.37. The highest BCUT2D eigenvalue weighted by molar-refractivity contribution is 7.89. The number of likely N-dealkylation sites (tertiary alicyclic amines) is 1. The van der Waals surface area contributed by atoms with E-state index in [0.717, 1.165) is 38.8 Å². The van der Waals surface area contributed by atoms with E-state index in [9.17, 15) is 13.2 Å². The van der Waals surface area contributed by atoms with E-state index in [-0.39, 0.29) is 17.3 Å². The van der Waals surface area contributed by atoms with Crippen LogP contribution in [0.3, 0.4) is 0 Å². The zero-order valence-corrected chi connectivity index (χ0v) is 15.3. The Hall–Kier alpha value is -2.32. The van der Waals surface area contributed by atoms with Crippen molar-refractivity contribution < 1.29 is 13.2 Å². The number of amides is 1. The summed E-state index contributed by atoms with van der Waals surface area (Å²) in [6.07, 6.45) is 7.16.